The first kappa shape index (κ1) is 31.5. The molecule has 1 aliphatic rings. The third kappa shape index (κ3) is 6.75. The Hall–Kier alpha value is -3.92. The highest BCUT2D eigenvalue weighted by atomic mass is 35.5. The van der Waals surface area contributed by atoms with E-state index in [1.54, 1.807) is 42.5 Å². The standard InChI is InChI=1S/C29H27ClF3N5O6/c1-42-26-24(38-12-20(36-37-38)16-10-18(31)23(33)19(32)11-16)25(40)21(13-39)44-27(26)28(29(41)35-22-4-2-3-9-34-22)43-14-15-5-7-17(30)8-6-15/h2-12,21,24-28,39-40H,13-14H2,1H3,(H,34,35,41)/t21?,24?,25-,26?,27+,28-/m0/s1. The van der Waals surface area contributed by atoms with Gasteiger partial charge in [0.05, 0.1) is 19.4 Å². The van der Waals surface area contributed by atoms with Crippen molar-refractivity contribution in [2.75, 3.05) is 19.0 Å². The maximum Gasteiger partial charge on any atom is 0.257 e. The van der Waals surface area contributed by atoms with Crippen LogP contribution in [0, 0.1) is 17.5 Å². The van der Waals surface area contributed by atoms with E-state index in [1.165, 1.54) is 24.2 Å². The number of anilines is 1. The van der Waals surface area contributed by atoms with Crippen LogP contribution in [0.2, 0.25) is 5.02 Å². The van der Waals surface area contributed by atoms with Gasteiger partial charge in [-0.15, -0.1) is 5.10 Å². The molecular formula is C29H27ClF3N5O6. The normalized spacial score (nSPS) is 22.5. The number of benzene rings is 2. The highest BCUT2D eigenvalue weighted by molar-refractivity contribution is 6.30. The van der Waals surface area contributed by atoms with E-state index in [-0.39, 0.29) is 23.7 Å². The van der Waals surface area contributed by atoms with Crippen LogP contribution in [0.25, 0.3) is 11.3 Å². The van der Waals surface area contributed by atoms with E-state index in [1.807, 2.05) is 0 Å². The summed E-state index contributed by atoms with van der Waals surface area (Å²) in [6.45, 7) is -0.716. The van der Waals surface area contributed by atoms with Crippen molar-refractivity contribution in [3.63, 3.8) is 0 Å². The Labute approximate surface area is 254 Å². The van der Waals surface area contributed by atoms with Gasteiger partial charge >= 0.3 is 0 Å². The first-order chi connectivity index (χ1) is 21.2. The summed E-state index contributed by atoms with van der Waals surface area (Å²) in [7, 11) is 1.31. The van der Waals surface area contributed by atoms with Gasteiger partial charge in [0, 0.05) is 23.9 Å². The molecule has 0 saturated carbocycles. The predicted octanol–water partition coefficient (Wildman–Crippen LogP) is 3.31. The number of halogens is 4. The van der Waals surface area contributed by atoms with Gasteiger partial charge in [0.25, 0.3) is 5.91 Å². The lowest BCUT2D eigenvalue weighted by atomic mass is 9.89. The number of nitrogens with one attached hydrogen (secondary N) is 1. The van der Waals surface area contributed by atoms with E-state index in [2.05, 4.69) is 20.6 Å². The highest BCUT2D eigenvalue weighted by Crippen LogP contribution is 2.35. The minimum Gasteiger partial charge on any atom is -0.394 e. The summed E-state index contributed by atoms with van der Waals surface area (Å²) in [5.74, 6) is -4.90. The summed E-state index contributed by atoms with van der Waals surface area (Å²) in [4.78, 5) is 17.8. The van der Waals surface area contributed by atoms with Crippen molar-refractivity contribution < 1.29 is 42.4 Å². The summed E-state index contributed by atoms with van der Waals surface area (Å²) in [6.07, 6.45) is -3.71. The minimum absolute atomic E-state index is 0.0446. The Kier molecular flexibility index (Phi) is 9.88. The number of rotatable bonds is 10. The van der Waals surface area contributed by atoms with Gasteiger partial charge in [0.15, 0.2) is 23.6 Å². The number of carbonyl (C=O) groups excluding carboxylic acids is 1. The summed E-state index contributed by atoms with van der Waals surface area (Å²) >= 11 is 5.99. The molecule has 2 aromatic heterocycles. The Morgan fingerprint density at radius 1 is 1.16 bits per heavy atom. The van der Waals surface area contributed by atoms with Crippen LogP contribution in [-0.2, 0) is 25.6 Å². The van der Waals surface area contributed by atoms with Gasteiger partial charge in [-0.2, -0.15) is 0 Å². The fourth-order valence-corrected chi connectivity index (χ4v) is 5.05. The van der Waals surface area contributed by atoms with Crippen LogP contribution < -0.4 is 5.32 Å². The second-order valence-corrected chi connectivity index (χ2v) is 10.3. The molecule has 4 aromatic rings. The van der Waals surface area contributed by atoms with Crippen molar-refractivity contribution in [3.05, 3.63) is 95.0 Å². The molecule has 2 aromatic carbocycles. The Bertz CT molecular complexity index is 1560. The van der Waals surface area contributed by atoms with Crippen molar-refractivity contribution in [2.24, 2.45) is 0 Å². The van der Waals surface area contributed by atoms with Gasteiger partial charge in [-0.25, -0.2) is 22.8 Å². The monoisotopic (exact) mass is 633 g/mol. The van der Waals surface area contributed by atoms with Crippen molar-refractivity contribution in [3.8, 4) is 11.3 Å². The number of aliphatic hydroxyl groups is 2. The molecule has 1 saturated heterocycles. The molecular weight excluding hydrogens is 607 g/mol. The number of methoxy groups -OCH3 is 1. The number of nitrogens with zero attached hydrogens (tertiary/aromatic N) is 4. The van der Waals surface area contributed by atoms with Gasteiger partial charge in [-0.3, -0.25) is 4.79 Å². The zero-order valence-electron chi connectivity index (χ0n) is 23.1. The largest absolute Gasteiger partial charge is 0.394 e. The number of hydrogen-bond acceptors (Lipinski definition) is 9. The molecule has 6 atom stereocenters. The van der Waals surface area contributed by atoms with Gasteiger partial charge in [-0.1, -0.05) is 35.0 Å². The predicted molar refractivity (Wildman–Crippen MR) is 150 cm³/mol. The zero-order chi connectivity index (χ0) is 31.4. The lowest BCUT2D eigenvalue weighted by molar-refractivity contribution is -0.239. The number of aliphatic hydroxyl groups excluding tert-OH is 2. The number of amides is 1. The fourth-order valence-electron chi connectivity index (χ4n) is 4.92. The van der Waals surface area contributed by atoms with Crippen LogP contribution in [0.4, 0.5) is 19.0 Å². The lowest BCUT2D eigenvalue weighted by Crippen LogP contribution is -2.62. The molecule has 1 aliphatic heterocycles. The molecule has 0 radical (unpaired) electrons. The second-order valence-electron chi connectivity index (χ2n) is 9.90. The zero-order valence-corrected chi connectivity index (χ0v) is 23.8. The number of ether oxygens (including phenoxy) is 3. The summed E-state index contributed by atoms with van der Waals surface area (Å²) in [5, 5.41) is 32.4. The van der Waals surface area contributed by atoms with Crippen LogP contribution >= 0.6 is 11.6 Å². The molecule has 11 nitrogen and oxygen atoms in total. The molecule has 0 bridgehead atoms. The average molecular weight is 634 g/mol. The highest BCUT2D eigenvalue weighted by Gasteiger charge is 2.51. The maximum atomic E-state index is 13.9. The fraction of sp³-hybridized carbons (Fsp3) is 0.310. The number of pyridine rings is 1. The van der Waals surface area contributed by atoms with Crippen LogP contribution in [-0.4, -0.2) is 80.3 Å². The lowest BCUT2D eigenvalue weighted by Gasteiger charge is -2.45. The topological polar surface area (TPSA) is 141 Å². The average Bonchev–Trinajstić information content (AvgIpc) is 3.51. The molecule has 0 spiro atoms. The molecule has 3 heterocycles. The van der Waals surface area contributed by atoms with Crippen molar-refractivity contribution in [1.82, 2.24) is 20.0 Å². The van der Waals surface area contributed by atoms with Crippen molar-refractivity contribution >= 4 is 23.3 Å². The molecule has 44 heavy (non-hydrogen) atoms. The van der Waals surface area contributed by atoms with Crippen LogP contribution in [0.3, 0.4) is 0 Å². The third-order valence-electron chi connectivity index (χ3n) is 7.09. The Morgan fingerprint density at radius 3 is 2.52 bits per heavy atom. The summed E-state index contributed by atoms with van der Waals surface area (Å²) < 4.78 is 60.4. The van der Waals surface area contributed by atoms with Gasteiger partial charge in [-0.05, 0) is 42.0 Å². The molecule has 5 rings (SSSR count). The minimum atomic E-state index is -1.64. The molecule has 232 valence electrons. The van der Waals surface area contributed by atoms with Gasteiger partial charge in [0.1, 0.15) is 42.0 Å². The quantitative estimate of drug-likeness (QED) is 0.224. The molecule has 1 amide bonds. The number of carbonyl (C=O) groups is 1. The Morgan fingerprint density at radius 2 is 1.89 bits per heavy atom. The molecule has 3 unspecified atom stereocenters. The summed E-state index contributed by atoms with van der Waals surface area (Å²) in [5.41, 5.74) is 0.527. The number of hydrogen-bond donors (Lipinski definition) is 3. The third-order valence-corrected chi connectivity index (χ3v) is 7.34. The molecule has 3 N–H and O–H groups in total. The maximum absolute atomic E-state index is 13.9. The first-order valence-corrected chi connectivity index (χ1v) is 13.7. The van der Waals surface area contributed by atoms with Crippen LogP contribution in [0.15, 0.2) is 67.0 Å². The number of aromatic nitrogens is 4. The molecule has 0 aliphatic carbocycles. The molecule has 1 fully saturated rings. The summed E-state index contributed by atoms with van der Waals surface area (Å²) in [6, 6.07) is 12.0. The first-order valence-electron chi connectivity index (χ1n) is 13.3. The Balaban J connectivity index is 1.49. The SMILES string of the molecule is COC1C(n2cc(-c3cc(F)c(F)c(F)c3)nn2)[C@@H](O)C(CO)O[C@H]1[C@H](OCc1ccc(Cl)cc1)C(=O)Nc1ccccn1. The van der Waals surface area contributed by atoms with Gasteiger partial charge in [0.2, 0.25) is 0 Å². The molecule has 15 heteroatoms. The van der Waals surface area contributed by atoms with Gasteiger partial charge < -0.3 is 29.7 Å². The van der Waals surface area contributed by atoms with E-state index in [0.29, 0.717) is 10.6 Å². The van der Waals surface area contributed by atoms with Crippen molar-refractivity contribution in [2.45, 2.75) is 43.2 Å². The van der Waals surface area contributed by atoms with E-state index < -0.39 is 66.5 Å². The van der Waals surface area contributed by atoms with E-state index in [4.69, 9.17) is 25.8 Å². The van der Waals surface area contributed by atoms with Crippen LogP contribution in [0.5, 0.6) is 0 Å². The van der Waals surface area contributed by atoms with Crippen molar-refractivity contribution in [1.29, 1.82) is 0 Å². The van der Waals surface area contributed by atoms with E-state index in [9.17, 15) is 28.2 Å². The smallest absolute Gasteiger partial charge is 0.257 e. The van der Waals surface area contributed by atoms with E-state index in [0.717, 1.165) is 12.1 Å². The second kappa shape index (κ2) is 13.8. The van der Waals surface area contributed by atoms with Crippen LogP contribution in [0.1, 0.15) is 11.6 Å². The van der Waals surface area contributed by atoms with E-state index >= 15 is 0 Å².